The summed E-state index contributed by atoms with van der Waals surface area (Å²) in [5.41, 5.74) is -0.184. The first-order valence-corrected chi connectivity index (χ1v) is 7.45. The van der Waals surface area contributed by atoms with Gasteiger partial charge in [0.2, 0.25) is 0 Å². The van der Waals surface area contributed by atoms with Crippen molar-refractivity contribution in [3.8, 4) is 6.07 Å². The topological polar surface area (TPSA) is 52.9 Å². The summed E-state index contributed by atoms with van der Waals surface area (Å²) in [4.78, 5) is 12.7. The predicted octanol–water partition coefficient (Wildman–Crippen LogP) is 4.35. The number of alkyl halides is 3. The van der Waals surface area contributed by atoms with E-state index in [1.54, 1.807) is 23.6 Å². The molecule has 1 N–H and O–H groups in total. The molecule has 0 bridgehead atoms. The SMILES string of the molecule is Cc1sc(NC(=O)c2cccs2)c(C#N)c1CC(F)(F)F. The third kappa shape index (κ3) is 3.62. The quantitative estimate of drug-likeness (QED) is 0.910. The average molecular weight is 330 g/mol. The molecule has 2 aromatic heterocycles. The normalized spacial score (nSPS) is 11.2. The number of halogens is 3. The van der Waals surface area contributed by atoms with Gasteiger partial charge in [0, 0.05) is 4.88 Å². The summed E-state index contributed by atoms with van der Waals surface area (Å²) in [7, 11) is 0. The summed E-state index contributed by atoms with van der Waals surface area (Å²) in [5, 5.41) is 13.5. The molecule has 0 atom stereocenters. The smallest absolute Gasteiger partial charge is 0.312 e. The molecular weight excluding hydrogens is 321 g/mol. The highest BCUT2D eigenvalue weighted by molar-refractivity contribution is 7.17. The van der Waals surface area contributed by atoms with Crippen LogP contribution in [-0.2, 0) is 6.42 Å². The van der Waals surface area contributed by atoms with E-state index >= 15 is 0 Å². The van der Waals surface area contributed by atoms with Crippen molar-refractivity contribution < 1.29 is 18.0 Å². The Kier molecular flexibility index (Phi) is 4.34. The van der Waals surface area contributed by atoms with Crippen molar-refractivity contribution in [1.29, 1.82) is 5.26 Å². The monoisotopic (exact) mass is 330 g/mol. The van der Waals surface area contributed by atoms with Crippen LogP contribution in [0.25, 0.3) is 0 Å². The van der Waals surface area contributed by atoms with Gasteiger partial charge >= 0.3 is 6.18 Å². The van der Waals surface area contributed by atoms with E-state index < -0.39 is 18.5 Å². The van der Waals surface area contributed by atoms with Crippen molar-refractivity contribution in [3.63, 3.8) is 0 Å². The van der Waals surface area contributed by atoms with Gasteiger partial charge in [-0.1, -0.05) is 6.07 Å². The number of hydrogen-bond donors (Lipinski definition) is 1. The Balaban J connectivity index is 2.31. The van der Waals surface area contributed by atoms with Crippen molar-refractivity contribution in [2.75, 3.05) is 5.32 Å². The number of nitriles is 1. The number of carbonyl (C=O) groups is 1. The highest BCUT2D eigenvalue weighted by atomic mass is 32.1. The van der Waals surface area contributed by atoms with Crippen LogP contribution in [0.2, 0.25) is 0 Å². The summed E-state index contributed by atoms with van der Waals surface area (Å²) in [6, 6.07) is 5.05. The number of nitrogens with one attached hydrogen (secondary N) is 1. The van der Waals surface area contributed by atoms with Crippen molar-refractivity contribution >= 4 is 33.6 Å². The van der Waals surface area contributed by atoms with Gasteiger partial charge in [-0.25, -0.2) is 0 Å². The fourth-order valence-corrected chi connectivity index (χ4v) is 3.41. The summed E-state index contributed by atoms with van der Waals surface area (Å²) in [6.45, 7) is 1.51. The van der Waals surface area contributed by atoms with Gasteiger partial charge in [0.05, 0.1) is 16.9 Å². The molecule has 0 radical (unpaired) electrons. The Hall–Kier alpha value is -1.85. The molecule has 0 aliphatic heterocycles. The van der Waals surface area contributed by atoms with E-state index in [9.17, 15) is 18.0 Å². The highest BCUT2D eigenvalue weighted by Gasteiger charge is 2.32. The van der Waals surface area contributed by atoms with Gasteiger partial charge in [-0.05, 0) is 23.9 Å². The maximum absolute atomic E-state index is 12.5. The van der Waals surface area contributed by atoms with E-state index in [-0.39, 0.29) is 16.1 Å². The largest absolute Gasteiger partial charge is 0.393 e. The van der Waals surface area contributed by atoms with Gasteiger partial charge in [0.25, 0.3) is 5.91 Å². The van der Waals surface area contributed by atoms with Crippen LogP contribution in [0.5, 0.6) is 0 Å². The van der Waals surface area contributed by atoms with Crippen molar-refractivity contribution in [3.05, 3.63) is 38.4 Å². The zero-order valence-electron chi connectivity index (χ0n) is 10.7. The first-order valence-electron chi connectivity index (χ1n) is 5.76. The van der Waals surface area contributed by atoms with Crippen LogP contribution < -0.4 is 5.32 Å². The molecule has 110 valence electrons. The number of carbonyl (C=O) groups excluding carboxylic acids is 1. The van der Waals surface area contributed by atoms with Crippen LogP contribution in [0.1, 0.15) is 25.7 Å². The number of thiophene rings is 2. The Morgan fingerprint density at radius 2 is 2.19 bits per heavy atom. The van der Waals surface area contributed by atoms with Gasteiger partial charge in [0.15, 0.2) is 0 Å². The number of rotatable bonds is 3. The minimum atomic E-state index is -4.40. The lowest BCUT2D eigenvalue weighted by atomic mass is 10.1. The molecular formula is C13H9F3N2OS2. The molecule has 0 spiro atoms. The summed E-state index contributed by atoms with van der Waals surface area (Å²) >= 11 is 2.20. The van der Waals surface area contributed by atoms with E-state index in [1.807, 2.05) is 0 Å². The molecule has 0 saturated heterocycles. The number of amides is 1. The van der Waals surface area contributed by atoms with E-state index in [0.29, 0.717) is 9.75 Å². The summed E-state index contributed by atoms with van der Waals surface area (Å²) < 4.78 is 37.6. The van der Waals surface area contributed by atoms with Crippen molar-refractivity contribution in [2.45, 2.75) is 19.5 Å². The van der Waals surface area contributed by atoms with Crippen molar-refractivity contribution in [2.24, 2.45) is 0 Å². The minimum Gasteiger partial charge on any atom is -0.312 e. The molecule has 0 aliphatic carbocycles. The third-order valence-electron chi connectivity index (χ3n) is 2.67. The van der Waals surface area contributed by atoms with Gasteiger partial charge in [-0.15, -0.1) is 22.7 Å². The van der Waals surface area contributed by atoms with Gasteiger partial charge in [0.1, 0.15) is 11.1 Å². The number of anilines is 1. The molecule has 0 fully saturated rings. The zero-order chi connectivity index (χ0) is 15.6. The summed E-state index contributed by atoms with van der Waals surface area (Å²) in [5.74, 6) is -0.429. The molecule has 0 unspecified atom stereocenters. The van der Waals surface area contributed by atoms with Gasteiger partial charge in [-0.3, -0.25) is 4.79 Å². The summed E-state index contributed by atoms with van der Waals surface area (Å²) in [6.07, 6.45) is -5.57. The van der Waals surface area contributed by atoms with E-state index in [1.165, 1.54) is 18.3 Å². The number of aryl methyl sites for hydroxylation is 1. The average Bonchev–Trinajstić information content (AvgIpc) is 2.97. The van der Waals surface area contributed by atoms with E-state index in [4.69, 9.17) is 5.26 Å². The molecule has 2 aromatic rings. The lowest BCUT2D eigenvalue weighted by molar-refractivity contribution is -0.127. The second-order valence-corrected chi connectivity index (χ2v) is 6.35. The van der Waals surface area contributed by atoms with Gasteiger partial charge in [-0.2, -0.15) is 18.4 Å². The first-order chi connectivity index (χ1) is 9.81. The van der Waals surface area contributed by atoms with E-state index in [2.05, 4.69) is 5.32 Å². The molecule has 1 amide bonds. The van der Waals surface area contributed by atoms with Crippen LogP contribution in [0.3, 0.4) is 0 Å². The molecule has 21 heavy (non-hydrogen) atoms. The molecule has 0 saturated carbocycles. The maximum Gasteiger partial charge on any atom is 0.393 e. The van der Waals surface area contributed by atoms with Gasteiger partial charge < -0.3 is 5.32 Å². The fourth-order valence-electron chi connectivity index (χ4n) is 1.77. The van der Waals surface area contributed by atoms with Crippen LogP contribution >= 0.6 is 22.7 Å². The van der Waals surface area contributed by atoms with Crippen LogP contribution in [0.4, 0.5) is 18.2 Å². The Morgan fingerprint density at radius 3 is 2.71 bits per heavy atom. The second kappa shape index (κ2) is 5.87. The predicted molar refractivity (Wildman–Crippen MR) is 75.8 cm³/mol. The number of hydrogen-bond acceptors (Lipinski definition) is 4. The first kappa shape index (κ1) is 15.5. The Labute approximate surface area is 126 Å². The standard InChI is InChI=1S/C13H9F3N2OS2/c1-7-8(5-13(14,15)16)9(6-17)12(21-7)18-11(19)10-3-2-4-20-10/h2-4H,5H2,1H3,(H,18,19). The lowest BCUT2D eigenvalue weighted by Gasteiger charge is -2.06. The van der Waals surface area contributed by atoms with Crippen LogP contribution in [0.15, 0.2) is 17.5 Å². The minimum absolute atomic E-state index is 0.0727. The Bertz CT molecular complexity index is 696. The second-order valence-electron chi connectivity index (χ2n) is 4.18. The molecule has 0 aliphatic rings. The molecule has 0 aromatic carbocycles. The maximum atomic E-state index is 12.5. The highest BCUT2D eigenvalue weighted by Crippen LogP contribution is 2.36. The lowest BCUT2D eigenvalue weighted by Crippen LogP contribution is -2.13. The molecule has 2 rings (SSSR count). The van der Waals surface area contributed by atoms with Crippen LogP contribution in [0, 0.1) is 18.3 Å². The zero-order valence-corrected chi connectivity index (χ0v) is 12.4. The number of nitrogens with zero attached hydrogens (tertiary/aromatic N) is 1. The van der Waals surface area contributed by atoms with E-state index in [0.717, 1.165) is 11.3 Å². The molecule has 3 nitrogen and oxygen atoms in total. The molecule has 2 heterocycles. The van der Waals surface area contributed by atoms with Crippen molar-refractivity contribution in [1.82, 2.24) is 0 Å². The third-order valence-corrected chi connectivity index (χ3v) is 4.60. The fraction of sp³-hybridized carbons (Fsp3) is 0.231. The Morgan fingerprint density at radius 1 is 1.48 bits per heavy atom. The van der Waals surface area contributed by atoms with Crippen LogP contribution in [-0.4, -0.2) is 12.1 Å². The molecule has 8 heteroatoms.